The molecule has 0 aromatic heterocycles. The molecule has 0 atom stereocenters. The smallest absolute Gasteiger partial charge is 0.239 e. The van der Waals surface area contributed by atoms with E-state index >= 15 is 0 Å². The third-order valence-corrected chi connectivity index (χ3v) is 2.50. The number of nitrogens with two attached hydrogens (primary N) is 1. The molecule has 0 spiro atoms. The summed E-state index contributed by atoms with van der Waals surface area (Å²) < 4.78 is 5.53. The summed E-state index contributed by atoms with van der Waals surface area (Å²) >= 11 is 0. The van der Waals surface area contributed by atoms with Crippen molar-refractivity contribution in [3.8, 4) is 5.75 Å². The Bertz CT molecular complexity index is 408. The fourth-order valence-electron chi connectivity index (χ4n) is 1.49. The lowest BCUT2D eigenvalue weighted by Crippen LogP contribution is -2.30. The SMILES string of the molecule is CCCNC(=O)CNc1ccc(N)c(OCCC)c1. The van der Waals surface area contributed by atoms with Gasteiger partial charge in [-0.3, -0.25) is 4.79 Å². The molecule has 0 radical (unpaired) electrons. The number of hydrogen-bond acceptors (Lipinski definition) is 4. The number of nitrogen functional groups attached to an aromatic ring is 1. The van der Waals surface area contributed by atoms with Crippen molar-refractivity contribution in [3.05, 3.63) is 18.2 Å². The van der Waals surface area contributed by atoms with Gasteiger partial charge >= 0.3 is 0 Å². The van der Waals surface area contributed by atoms with Gasteiger partial charge in [-0.05, 0) is 25.0 Å². The third-order valence-electron chi connectivity index (χ3n) is 2.50. The van der Waals surface area contributed by atoms with Crippen molar-refractivity contribution in [2.45, 2.75) is 26.7 Å². The molecule has 106 valence electrons. The van der Waals surface area contributed by atoms with Gasteiger partial charge in [-0.25, -0.2) is 0 Å². The van der Waals surface area contributed by atoms with E-state index in [4.69, 9.17) is 10.5 Å². The lowest BCUT2D eigenvalue weighted by atomic mass is 10.2. The van der Waals surface area contributed by atoms with Gasteiger partial charge in [0.2, 0.25) is 5.91 Å². The molecule has 0 aliphatic heterocycles. The maximum absolute atomic E-state index is 11.5. The molecular formula is C14H23N3O2. The molecule has 1 aromatic carbocycles. The molecular weight excluding hydrogens is 242 g/mol. The van der Waals surface area contributed by atoms with Crippen LogP contribution in [-0.4, -0.2) is 25.6 Å². The largest absolute Gasteiger partial charge is 0.491 e. The first kappa shape index (κ1) is 15.1. The maximum Gasteiger partial charge on any atom is 0.239 e. The normalized spacial score (nSPS) is 10.0. The summed E-state index contributed by atoms with van der Waals surface area (Å²) in [6.07, 6.45) is 1.86. The van der Waals surface area contributed by atoms with Gasteiger partial charge in [0.1, 0.15) is 5.75 Å². The molecule has 1 amide bonds. The highest BCUT2D eigenvalue weighted by Crippen LogP contribution is 2.25. The Morgan fingerprint density at radius 1 is 1.32 bits per heavy atom. The highest BCUT2D eigenvalue weighted by atomic mass is 16.5. The zero-order chi connectivity index (χ0) is 14.1. The van der Waals surface area contributed by atoms with Crippen molar-refractivity contribution in [2.24, 2.45) is 0 Å². The molecule has 1 aromatic rings. The molecule has 0 saturated carbocycles. The van der Waals surface area contributed by atoms with Gasteiger partial charge in [-0.15, -0.1) is 0 Å². The molecule has 0 unspecified atom stereocenters. The number of ether oxygens (including phenoxy) is 1. The molecule has 0 aliphatic carbocycles. The molecule has 19 heavy (non-hydrogen) atoms. The minimum atomic E-state index is -0.0188. The lowest BCUT2D eigenvalue weighted by molar-refractivity contribution is -0.119. The summed E-state index contributed by atoms with van der Waals surface area (Å²) in [7, 11) is 0. The van der Waals surface area contributed by atoms with Crippen LogP contribution < -0.4 is 21.1 Å². The Hall–Kier alpha value is -1.91. The Morgan fingerprint density at radius 3 is 2.79 bits per heavy atom. The van der Waals surface area contributed by atoms with Crippen LogP contribution in [0.5, 0.6) is 5.75 Å². The lowest BCUT2D eigenvalue weighted by Gasteiger charge is -2.11. The number of anilines is 2. The molecule has 0 heterocycles. The second-order valence-electron chi connectivity index (χ2n) is 4.30. The second-order valence-corrected chi connectivity index (χ2v) is 4.30. The van der Waals surface area contributed by atoms with Crippen LogP contribution in [0.25, 0.3) is 0 Å². The summed E-state index contributed by atoms with van der Waals surface area (Å²) in [5, 5.41) is 5.86. The molecule has 0 aliphatic rings. The average molecular weight is 265 g/mol. The number of rotatable bonds is 8. The summed E-state index contributed by atoms with van der Waals surface area (Å²) in [6.45, 7) is 5.64. The Labute approximate surface area is 114 Å². The zero-order valence-electron chi connectivity index (χ0n) is 11.7. The standard InChI is InChI=1S/C14H23N3O2/c1-3-7-16-14(18)10-17-11-5-6-12(15)13(9-11)19-8-4-2/h5-6,9,17H,3-4,7-8,10,15H2,1-2H3,(H,16,18). The number of carbonyl (C=O) groups excluding carboxylic acids is 1. The van der Waals surface area contributed by atoms with E-state index in [0.29, 0.717) is 24.6 Å². The maximum atomic E-state index is 11.5. The molecule has 0 bridgehead atoms. The Kier molecular flexibility index (Phi) is 6.57. The molecule has 5 heteroatoms. The molecule has 5 nitrogen and oxygen atoms in total. The molecule has 1 rings (SSSR count). The number of amides is 1. The van der Waals surface area contributed by atoms with Crippen LogP contribution in [0.15, 0.2) is 18.2 Å². The predicted molar refractivity (Wildman–Crippen MR) is 78.4 cm³/mol. The summed E-state index contributed by atoms with van der Waals surface area (Å²) in [6, 6.07) is 5.43. The van der Waals surface area contributed by atoms with Gasteiger partial charge in [-0.1, -0.05) is 13.8 Å². The number of nitrogens with one attached hydrogen (secondary N) is 2. The van der Waals surface area contributed by atoms with Crippen molar-refractivity contribution in [1.82, 2.24) is 5.32 Å². The Balaban J connectivity index is 2.51. The van der Waals surface area contributed by atoms with E-state index in [1.165, 1.54) is 0 Å². The van der Waals surface area contributed by atoms with Crippen LogP contribution in [0.1, 0.15) is 26.7 Å². The van der Waals surface area contributed by atoms with E-state index in [-0.39, 0.29) is 12.5 Å². The van der Waals surface area contributed by atoms with Crippen molar-refractivity contribution < 1.29 is 9.53 Å². The number of benzene rings is 1. The van der Waals surface area contributed by atoms with E-state index in [1.807, 2.05) is 26.0 Å². The van der Waals surface area contributed by atoms with Gasteiger partial charge in [0.05, 0.1) is 18.8 Å². The van der Waals surface area contributed by atoms with E-state index in [9.17, 15) is 4.79 Å². The van der Waals surface area contributed by atoms with Crippen LogP contribution in [-0.2, 0) is 4.79 Å². The van der Waals surface area contributed by atoms with Crippen LogP contribution >= 0.6 is 0 Å². The van der Waals surface area contributed by atoms with Crippen molar-refractivity contribution in [3.63, 3.8) is 0 Å². The van der Waals surface area contributed by atoms with Gasteiger partial charge in [0.25, 0.3) is 0 Å². The third kappa shape index (κ3) is 5.50. The zero-order valence-corrected chi connectivity index (χ0v) is 11.7. The van der Waals surface area contributed by atoms with Crippen LogP contribution in [0.2, 0.25) is 0 Å². The summed E-state index contributed by atoms with van der Waals surface area (Å²) in [5.74, 6) is 0.635. The number of hydrogen-bond donors (Lipinski definition) is 3. The molecule has 0 fully saturated rings. The van der Waals surface area contributed by atoms with Gasteiger partial charge < -0.3 is 21.1 Å². The predicted octanol–water partition coefficient (Wildman–Crippen LogP) is 2.00. The topological polar surface area (TPSA) is 76.4 Å². The van der Waals surface area contributed by atoms with E-state index in [0.717, 1.165) is 18.5 Å². The van der Waals surface area contributed by atoms with Crippen molar-refractivity contribution in [1.29, 1.82) is 0 Å². The van der Waals surface area contributed by atoms with Gasteiger partial charge in [-0.2, -0.15) is 0 Å². The monoisotopic (exact) mass is 265 g/mol. The quantitative estimate of drug-likeness (QED) is 0.628. The van der Waals surface area contributed by atoms with E-state index in [1.54, 1.807) is 6.07 Å². The fourth-order valence-corrected chi connectivity index (χ4v) is 1.49. The average Bonchev–Trinajstić information content (AvgIpc) is 2.42. The second kappa shape index (κ2) is 8.24. The molecule has 4 N–H and O–H groups in total. The first-order valence-corrected chi connectivity index (χ1v) is 6.70. The van der Waals surface area contributed by atoms with E-state index in [2.05, 4.69) is 10.6 Å². The fraction of sp³-hybridized carbons (Fsp3) is 0.500. The first-order chi connectivity index (χ1) is 9.17. The highest BCUT2D eigenvalue weighted by molar-refractivity contribution is 5.80. The van der Waals surface area contributed by atoms with Crippen LogP contribution in [0, 0.1) is 0 Å². The van der Waals surface area contributed by atoms with Crippen molar-refractivity contribution in [2.75, 3.05) is 30.7 Å². The summed E-state index contributed by atoms with van der Waals surface area (Å²) in [5.41, 5.74) is 7.25. The van der Waals surface area contributed by atoms with Gasteiger partial charge in [0.15, 0.2) is 0 Å². The highest BCUT2D eigenvalue weighted by Gasteiger charge is 2.04. The first-order valence-electron chi connectivity index (χ1n) is 6.70. The minimum Gasteiger partial charge on any atom is -0.491 e. The summed E-state index contributed by atoms with van der Waals surface area (Å²) in [4.78, 5) is 11.5. The van der Waals surface area contributed by atoms with Crippen molar-refractivity contribution >= 4 is 17.3 Å². The molecule has 0 saturated heterocycles. The Morgan fingerprint density at radius 2 is 2.11 bits per heavy atom. The van der Waals surface area contributed by atoms with E-state index < -0.39 is 0 Å². The van der Waals surface area contributed by atoms with Crippen LogP contribution in [0.4, 0.5) is 11.4 Å². The van der Waals surface area contributed by atoms with Gasteiger partial charge in [0, 0.05) is 18.3 Å². The number of carbonyl (C=O) groups is 1. The minimum absolute atomic E-state index is 0.0188. The van der Waals surface area contributed by atoms with Crippen LogP contribution in [0.3, 0.4) is 0 Å².